The molecule has 1 rings (SSSR count). The summed E-state index contributed by atoms with van der Waals surface area (Å²) < 4.78 is 13.0. The predicted molar refractivity (Wildman–Crippen MR) is 55.0 cm³/mol. The summed E-state index contributed by atoms with van der Waals surface area (Å²) in [6.45, 7) is 3.37. The number of Topliss-reactive ketones (excluding diaryl/α,β-unsaturated/α-hetero) is 1. The van der Waals surface area contributed by atoms with Crippen LogP contribution in [0.4, 0.5) is 4.39 Å². The summed E-state index contributed by atoms with van der Waals surface area (Å²) in [5.41, 5.74) is 0.801. The van der Waals surface area contributed by atoms with Crippen LogP contribution in [0.2, 0.25) is 5.02 Å². The Morgan fingerprint density at radius 3 is 2.71 bits per heavy atom. The lowest BCUT2D eigenvalue weighted by Crippen LogP contribution is -2.09. The maximum absolute atomic E-state index is 13.0. The number of carbonyl (C=O) groups excluding carboxylic acids is 1. The van der Waals surface area contributed by atoms with Gasteiger partial charge in [0.25, 0.3) is 0 Å². The molecule has 0 aliphatic heterocycles. The Morgan fingerprint density at radius 2 is 2.21 bits per heavy atom. The summed E-state index contributed by atoms with van der Waals surface area (Å²) >= 11 is 5.54. The lowest BCUT2D eigenvalue weighted by atomic mass is 9.98. The van der Waals surface area contributed by atoms with Crippen LogP contribution in [0.15, 0.2) is 18.2 Å². The SMILES string of the molecule is CC(=O)C(C)Cc1ccc(Cl)c(F)c1. The van der Waals surface area contributed by atoms with Gasteiger partial charge < -0.3 is 0 Å². The second-order valence-electron chi connectivity index (χ2n) is 3.46. The molecule has 14 heavy (non-hydrogen) atoms. The van der Waals surface area contributed by atoms with Crippen molar-refractivity contribution >= 4 is 17.4 Å². The molecule has 1 aromatic rings. The average molecular weight is 215 g/mol. The van der Waals surface area contributed by atoms with Crippen LogP contribution >= 0.6 is 11.6 Å². The van der Waals surface area contributed by atoms with E-state index in [0.29, 0.717) is 6.42 Å². The van der Waals surface area contributed by atoms with Crippen molar-refractivity contribution in [1.29, 1.82) is 0 Å². The minimum atomic E-state index is -0.431. The second-order valence-corrected chi connectivity index (χ2v) is 3.87. The van der Waals surface area contributed by atoms with Crippen LogP contribution in [0, 0.1) is 11.7 Å². The highest BCUT2D eigenvalue weighted by Gasteiger charge is 2.09. The van der Waals surface area contributed by atoms with E-state index in [1.54, 1.807) is 6.07 Å². The van der Waals surface area contributed by atoms with Gasteiger partial charge in [0.2, 0.25) is 0 Å². The predicted octanol–water partition coefficient (Wildman–Crippen LogP) is 3.25. The van der Waals surface area contributed by atoms with Gasteiger partial charge in [-0.2, -0.15) is 0 Å². The molecular formula is C11H12ClFO. The number of hydrogen-bond donors (Lipinski definition) is 0. The third-order valence-electron chi connectivity index (χ3n) is 2.22. The molecule has 0 fully saturated rings. The van der Waals surface area contributed by atoms with E-state index in [0.717, 1.165) is 5.56 Å². The summed E-state index contributed by atoms with van der Waals surface area (Å²) in [6, 6.07) is 4.63. The Morgan fingerprint density at radius 1 is 1.57 bits per heavy atom. The molecule has 0 bridgehead atoms. The molecule has 0 saturated carbocycles. The molecule has 0 N–H and O–H groups in total. The summed E-state index contributed by atoms with van der Waals surface area (Å²) in [5.74, 6) is -0.393. The average Bonchev–Trinajstić information content (AvgIpc) is 2.11. The first kappa shape index (κ1) is 11.2. The van der Waals surface area contributed by atoms with Gasteiger partial charge in [-0.1, -0.05) is 24.6 Å². The maximum Gasteiger partial charge on any atom is 0.142 e. The Labute approximate surface area is 87.9 Å². The molecule has 0 aromatic heterocycles. The highest BCUT2D eigenvalue weighted by Crippen LogP contribution is 2.17. The van der Waals surface area contributed by atoms with E-state index in [-0.39, 0.29) is 16.7 Å². The van der Waals surface area contributed by atoms with Gasteiger partial charge in [0, 0.05) is 5.92 Å². The monoisotopic (exact) mass is 214 g/mol. The summed E-state index contributed by atoms with van der Waals surface area (Å²) in [5, 5.41) is 0.115. The molecule has 0 heterocycles. The van der Waals surface area contributed by atoms with Crippen molar-refractivity contribution in [3.63, 3.8) is 0 Å². The number of hydrogen-bond acceptors (Lipinski definition) is 1. The van der Waals surface area contributed by atoms with Crippen LogP contribution < -0.4 is 0 Å². The smallest absolute Gasteiger partial charge is 0.142 e. The Hall–Kier alpha value is -0.890. The highest BCUT2D eigenvalue weighted by atomic mass is 35.5. The third-order valence-corrected chi connectivity index (χ3v) is 2.53. The first-order valence-electron chi connectivity index (χ1n) is 4.45. The van der Waals surface area contributed by atoms with E-state index in [9.17, 15) is 9.18 Å². The van der Waals surface area contributed by atoms with Gasteiger partial charge >= 0.3 is 0 Å². The van der Waals surface area contributed by atoms with Crippen molar-refractivity contribution in [2.45, 2.75) is 20.3 Å². The van der Waals surface area contributed by atoms with Gasteiger partial charge in [0.15, 0.2) is 0 Å². The van der Waals surface area contributed by atoms with Crippen molar-refractivity contribution in [3.05, 3.63) is 34.6 Å². The molecule has 1 unspecified atom stereocenters. The largest absolute Gasteiger partial charge is 0.300 e. The number of ketones is 1. The lowest BCUT2D eigenvalue weighted by molar-refractivity contribution is -0.120. The van der Waals surface area contributed by atoms with E-state index in [2.05, 4.69) is 0 Å². The molecule has 3 heteroatoms. The number of benzene rings is 1. The van der Waals surface area contributed by atoms with Crippen molar-refractivity contribution < 1.29 is 9.18 Å². The molecular weight excluding hydrogens is 203 g/mol. The molecule has 0 radical (unpaired) electrons. The van der Waals surface area contributed by atoms with Crippen molar-refractivity contribution in [1.82, 2.24) is 0 Å². The van der Waals surface area contributed by atoms with Gasteiger partial charge in [-0.15, -0.1) is 0 Å². The van der Waals surface area contributed by atoms with Crippen molar-refractivity contribution in [3.8, 4) is 0 Å². The minimum absolute atomic E-state index is 0.0735. The van der Waals surface area contributed by atoms with Crippen molar-refractivity contribution in [2.24, 2.45) is 5.92 Å². The zero-order valence-corrected chi connectivity index (χ0v) is 8.94. The fourth-order valence-corrected chi connectivity index (χ4v) is 1.28. The quantitative estimate of drug-likeness (QED) is 0.755. The lowest BCUT2D eigenvalue weighted by Gasteiger charge is -2.07. The molecule has 0 spiro atoms. The third kappa shape index (κ3) is 2.81. The Kier molecular flexibility index (Phi) is 3.64. The molecule has 0 aliphatic carbocycles. The van der Waals surface area contributed by atoms with Crippen LogP contribution in [-0.4, -0.2) is 5.78 Å². The molecule has 0 saturated heterocycles. The van der Waals surface area contributed by atoms with Gasteiger partial charge in [-0.3, -0.25) is 4.79 Å². The van der Waals surface area contributed by atoms with E-state index in [4.69, 9.17) is 11.6 Å². The van der Waals surface area contributed by atoms with Gasteiger partial charge in [0.05, 0.1) is 5.02 Å². The topological polar surface area (TPSA) is 17.1 Å². The van der Waals surface area contributed by atoms with E-state index < -0.39 is 5.82 Å². The van der Waals surface area contributed by atoms with Gasteiger partial charge in [-0.25, -0.2) is 4.39 Å². The molecule has 76 valence electrons. The zero-order chi connectivity index (χ0) is 10.7. The van der Waals surface area contributed by atoms with Crippen LogP contribution in [-0.2, 0) is 11.2 Å². The molecule has 1 nitrogen and oxygen atoms in total. The fourth-order valence-electron chi connectivity index (χ4n) is 1.16. The summed E-state index contributed by atoms with van der Waals surface area (Å²) in [7, 11) is 0. The van der Waals surface area contributed by atoms with E-state index in [1.807, 2.05) is 6.92 Å². The highest BCUT2D eigenvalue weighted by molar-refractivity contribution is 6.30. The van der Waals surface area contributed by atoms with Crippen LogP contribution in [0.1, 0.15) is 19.4 Å². The standard InChI is InChI=1S/C11H12ClFO/c1-7(8(2)14)5-9-3-4-10(12)11(13)6-9/h3-4,6-7H,5H2,1-2H3. The maximum atomic E-state index is 13.0. The summed E-state index contributed by atoms with van der Waals surface area (Å²) in [6.07, 6.45) is 0.559. The Bertz CT molecular complexity index is 349. The van der Waals surface area contributed by atoms with Gasteiger partial charge in [-0.05, 0) is 31.0 Å². The van der Waals surface area contributed by atoms with Crippen LogP contribution in [0.25, 0.3) is 0 Å². The van der Waals surface area contributed by atoms with Crippen LogP contribution in [0.3, 0.4) is 0 Å². The number of rotatable bonds is 3. The first-order valence-corrected chi connectivity index (χ1v) is 4.83. The molecule has 0 amide bonds. The first-order chi connectivity index (χ1) is 6.50. The fraction of sp³-hybridized carbons (Fsp3) is 0.364. The van der Waals surface area contributed by atoms with Gasteiger partial charge in [0.1, 0.15) is 11.6 Å². The number of carbonyl (C=O) groups is 1. The normalized spacial score (nSPS) is 12.6. The minimum Gasteiger partial charge on any atom is -0.300 e. The Balaban J connectivity index is 2.78. The molecule has 1 aromatic carbocycles. The zero-order valence-electron chi connectivity index (χ0n) is 8.18. The second kappa shape index (κ2) is 4.56. The van der Waals surface area contributed by atoms with E-state index in [1.165, 1.54) is 19.1 Å². The number of halogens is 2. The van der Waals surface area contributed by atoms with E-state index >= 15 is 0 Å². The molecule has 0 aliphatic rings. The molecule has 1 atom stereocenters. The van der Waals surface area contributed by atoms with Crippen LogP contribution in [0.5, 0.6) is 0 Å². The van der Waals surface area contributed by atoms with Crippen molar-refractivity contribution in [2.75, 3.05) is 0 Å². The summed E-state index contributed by atoms with van der Waals surface area (Å²) in [4.78, 5) is 11.0.